The first-order chi connectivity index (χ1) is 12.6. The summed E-state index contributed by atoms with van der Waals surface area (Å²) in [6.07, 6.45) is 3.23. The Kier molecular flexibility index (Phi) is 5.21. The Labute approximate surface area is 153 Å². The van der Waals surface area contributed by atoms with Crippen molar-refractivity contribution in [2.24, 2.45) is 0 Å². The lowest BCUT2D eigenvalue weighted by molar-refractivity contribution is 0.0719. The second-order valence-electron chi connectivity index (χ2n) is 6.74. The molecule has 2 fully saturated rings. The van der Waals surface area contributed by atoms with Gasteiger partial charge in [0, 0.05) is 25.2 Å². The molecule has 1 aliphatic carbocycles. The van der Waals surface area contributed by atoms with E-state index >= 15 is 0 Å². The smallest absolute Gasteiger partial charge is 0.279 e. The Morgan fingerprint density at radius 2 is 1.77 bits per heavy atom. The van der Waals surface area contributed by atoms with Gasteiger partial charge < -0.3 is 18.9 Å². The van der Waals surface area contributed by atoms with Crippen molar-refractivity contribution in [2.75, 3.05) is 33.1 Å². The van der Waals surface area contributed by atoms with Gasteiger partial charge in [0.15, 0.2) is 11.5 Å². The zero-order valence-electron chi connectivity index (χ0n) is 14.6. The van der Waals surface area contributed by atoms with Crippen LogP contribution < -0.4 is 18.9 Å². The van der Waals surface area contributed by atoms with E-state index in [2.05, 4.69) is 4.72 Å². The van der Waals surface area contributed by atoms with Gasteiger partial charge in [-0.3, -0.25) is 0 Å². The molecule has 2 aliphatic heterocycles. The Bertz CT molecular complexity index is 727. The van der Waals surface area contributed by atoms with Crippen molar-refractivity contribution in [1.29, 1.82) is 0 Å². The third kappa shape index (κ3) is 4.06. The number of benzene rings is 1. The minimum atomic E-state index is -3.43. The van der Waals surface area contributed by atoms with Crippen LogP contribution in [0.2, 0.25) is 0 Å². The van der Waals surface area contributed by atoms with Crippen molar-refractivity contribution >= 4 is 10.2 Å². The minimum Gasteiger partial charge on any atom is -0.490 e. The molecule has 8 nitrogen and oxygen atoms in total. The van der Waals surface area contributed by atoms with Crippen LogP contribution in [0.4, 0.5) is 0 Å². The van der Waals surface area contributed by atoms with Gasteiger partial charge in [0.2, 0.25) is 6.79 Å². The fourth-order valence-corrected chi connectivity index (χ4v) is 4.95. The van der Waals surface area contributed by atoms with Crippen molar-refractivity contribution in [1.82, 2.24) is 9.03 Å². The van der Waals surface area contributed by atoms with Gasteiger partial charge in [-0.2, -0.15) is 17.4 Å². The fourth-order valence-electron chi connectivity index (χ4n) is 3.51. The number of ether oxygens (including phenoxy) is 4. The molecule has 0 aromatic heterocycles. The van der Waals surface area contributed by atoms with Crippen LogP contribution in [0.1, 0.15) is 25.7 Å². The van der Waals surface area contributed by atoms with Crippen LogP contribution in [0, 0.1) is 0 Å². The average molecular weight is 384 g/mol. The molecule has 1 aromatic carbocycles. The summed E-state index contributed by atoms with van der Waals surface area (Å²) >= 11 is 0. The SMILES string of the molecule is O=S(=O)(NC1CCC(Oc2ccc3c(c2)OCO3)CC1)N1CCOCC1. The summed E-state index contributed by atoms with van der Waals surface area (Å²) in [5.74, 6) is 2.19. The van der Waals surface area contributed by atoms with Gasteiger partial charge in [0.05, 0.1) is 19.3 Å². The highest BCUT2D eigenvalue weighted by molar-refractivity contribution is 7.87. The van der Waals surface area contributed by atoms with Crippen LogP contribution >= 0.6 is 0 Å². The van der Waals surface area contributed by atoms with E-state index in [1.807, 2.05) is 18.2 Å². The van der Waals surface area contributed by atoms with Gasteiger partial charge in [-0.05, 0) is 37.8 Å². The summed E-state index contributed by atoms with van der Waals surface area (Å²) in [6.45, 7) is 1.98. The maximum atomic E-state index is 12.4. The maximum absolute atomic E-state index is 12.4. The Morgan fingerprint density at radius 3 is 2.54 bits per heavy atom. The van der Waals surface area contributed by atoms with Crippen LogP contribution in [-0.2, 0) is 14.9 Å². The first-order valence-corrected chi connectivity index (χ1v) is 10.5. The van der Waals surface area contributed by atoms with Crippen LogP contribution in [0.15, 0.2) is 18.2 Å². The lowest BCUT2D eigenvalue weighted by Crippen LogP contribution is -2.50. The van der Waals surface area contributed by atoms with Crippen molar-refractivity contribution in [3.63, 3.8) is 0 Å². The number of morpholine rings is 1. The van der Waals surface area contributed by atoms with Crippen LogP contribution in [0.3, 0.4) is 0 Å². The lowest BCUT2D eigenvalue weighted by atomic mass is 9.94. The molecule has 0 spiro atoms. The minimum absolute atomic E-state index is 0.0422. The van der Waals surface area contributed by atoms with Crippen LogP contribution in [0.25, 0.3) is 0 Å². The molecule has 2 heterocycles. The number of rotatable bonds is 5. The number of fused-ring (bicyclic) bond motifs is 1. The summed E-state index contributed by atoms with van der Waals surface area (Å²) in [5, 5.41) is 0. The first kappa shape index (κ1) is 17.8. The molecular weight excluding hydrogens is 360 g/mol. The van der Waals surface area contributed by atoms with Gasteiger partial charge in [-0.25, -0.2) is 0 Å². The normalized spacial score (nSPS) is 26.6. The highest BCUT2D eigenvalue weighted by Crippen LogP contribution is 2.36. The summed E-state index contributed by atoms with van der Waals surface area (Å²) in [7, 11) is -3.43. The van der Waals surface area contributed by atoms with E-state index < -0.39 is 10.2 Å². The van der Waals surface area contributed by atoms with Gasteiger partial charge in [-0.15, -0.1) is 0 Å². The molecule has 0 bridgehead atoms. The molecule has 1 aromatic rings. The van der Waals surface area contributed by atoms with Gasteiger partial charge in [-0.1, -0.05) is 0 Å². The molecular formula is C17H24N2O6S. The standard InChI is InChI=1S/C17H24N2O6S/c20-26(21,19-7-9-22-10-8-19)18-13-1-3-14(4-2-13)25-15-5-6-16-17(11-15)24-12-23-16/h5-6,11,13-14,18H,1-4,7-10,12H2. The second kappa shape index (κ2) is 7.59. The number of hydrogen-bond acceptors (Lipinski definition) is 6. The quantitative estimate of drug-likeness (QED) is 0.823. The fraction of sp³-hybridized carbons (Fsp3) is 0.647. The van der Waals surface area contributed by atoms with Crippen molar-refractivity contribution < 1.29 is 27.4 Å². The zero-order chi connectivity index (χ0) is 18.0. The van der Waals surface area contributed by atoms with E-state index in [1.54, 1.807) is 0 Å². The molecule has 1 saturated carbocycles. The summed E-state index contributed by atoms with van der Waals surface area (Å²) in [4.78, 5) is 0. The number of nitrogens with one attached hydrogen (secondary N) is 1. The maximum Gasteiger partial charge on any atom is 0.279 e. The molecule has 0 amide bonds. The predicted molar refractivity (Wildman–Crippen MR) is 93.7 cm³/mol. The number of nitrogens with zero attached hydrogens (tertiary/aromatic N) is 1. The van der Waals surface area contributed by atoms with Gasteiger partial charge in [0.25, 0.3) is 10.2 Å². The molecule has 1 N–H and O–H groups in total. The van der Waals surface area contributed by atoms with E-state index in [-0.39, 0.29) is 18.9 Å². The molecule has 0 radical (unpaired) electrons. The number of hydrogen-bond donors (Lipinski definition) is 1. The van der Waals surface area contributed by atoms with Crippen molar-refractivity contribution in [3.8, 4) is 17.2 Å². The van der Waals surface area contributed by atoms with Crippen LogP contribution in [-0.4, -0.2) is 58.0 Å². The Morgan fingerprint density at radius 1 is 1.04 bits per heavy atom. The monoisotopic (exact) mass is 384 g/mol. The van der Waals surface area contributed by atoms with E-state index in [0.717, 1.165) is 37.2 Å². The highest BCUT2D eigenvalue weighted by atomic mass is 32.2. The van der Waals surface area contributed by atoms with Crippen molar-refractivity contribution in [3.05, 3.63) is 18.2 Å². The van der Waals surface area contributed by atoms with E-state index in [0.29, 0.717) is 32.1 Å². The molecule has 3 aliphatic rings. The largest absolute Gasteiger partial charge is 0.490 e. The molecule has 26 heavy (non-hydrogen) atoms. The van der Waals surface area contributed by atoms with E-state index in [1.165, 1.54) is 4.31 Å². The van der Waals surface area contributed by atoms with Gasteiger partial charge in [0.1, 0.15) is 5.75 Å². The summed E-state index contributed by atoms with van der Waals surface area (Å²) in [6, 6.07) is 5.52. The highest BCUT2D eigenvalue weighted by Gasteiger charge is 2.30. The lowest BCUT2D eigenvalue weighted by Gasteiger charge is -2.32. The molecule has 144 valence electrons. The molecule has 9 heteroatoms. The molecule has 1 saturated heterocycles. The summed E-state index contributed by atoms with van der Waals surface area (Å²) in [5.41, 5.74) is 0. The average Bonchev–Trinajstić information content (AvgIpc) is 3.12. The summed E-state index contributed by atoms with van der Waals surface area (Å²) < 4.78 is 51.1. The second-order valence-corrected chi connectivity index (χ2v) is 8.44. The third-order valence-corrected chi connectivity index (χ3v) is 6.62. The zero-order valence-corrected chi connectivity index (χ0v) is 15.4. The first-order valence-electron chi connectivity index (χ1n) is 9.01. The predicted octanol–water partition coefficient (Wildman–Crippen LogP) is 1.27. The van der Waals surface area contributed by atoms with E-state index in [4.69, 9.17) is 18.9 Å². The molecule has 0 unspecified atom stereocenters. The van der Waals surface area contributed by atoms with Crippen LogP contribution in [0.5, 0.6) is 17.2 Å². The van der Waals surface area contributed by atoms with Crippen molar-refractivity contribution in [2.45, 2.75) is 37.8 Å². The van der Waals surface area contributed by atoms with Gasteiger partial charge >= 0.3 is 0 Å². The Hall–Kier alpha value is -1.55. The third-order valence-electron chi connectivity index (χ3n) is 4.95. The molecule has 4 rings (SSSR count). The van der Waals surface area contributed by atoms with E-state index in [9.17, 15) is 8.42 Å². The Balaban J connectivity index is 1.27. The molecule has 0 atom stereocenters. The topological polar surface area (TPSA) is 86.3 Å².